The van der Waals surface area contributed by atoms with Gasteiger partial charge in [-0.15, -0.1) is 0 Å². The monoisotopic (exact) mass is 421 g/mol. The Kier molecular flexibility index (Phi) is 6.89. The molecule has 4 rings (SSSR count). The van der Waals surface area contributed by atoms with Gasteiger partial charge in [0.05, 0.1) is 17.7 Å². The first kappa shape index (κ1) is 21.8. The van der Waals surface area contributed by atoms with E-state index in [0.717, 1.165) is 74.6 Å². The maximum Gasteiger partial charge on any atom is 0.267 e. The second kappa shape index (κ2) is 9.80. The number of amides is 1. The van der Waals surface area contributed by atoms with Gasteiger partial charge in [0.15, 0.2) is 0 Å². The summed E-state index contributed by atoms with van der Waals surface area (Å²) in [6.07, 6.45) is 11.2. The molecule has 0 spiro atoms. The third-order valence-corrected chi connectivity index (χ3v) is 7.21. The van der Waals surface area contributed by atoms with Crippen LogP contribution in [0.1, 0.15) is 81.5 Å². The summed E-state index contributed by atoms with van der Waals surface area (Å²) < 4.78 is 1.58. The third-order valence-electron chi connectivity index (χ3n) is 7.21. The summed E-state index contributed by atoms with van der Waals surface area (Å²) in [6.45, 7) is 2.49. The zero-order valence-corrected chi connectivity index (χ0v) is 18.7. The highest BCUT2D eigenvalue weighted by Gasteiger charge is 2.41. The van der Waals surface area contributed by atoms with Gasteiger partial charge >= 0.3 is 0 Å². The highest BCUT2D eigenvalue weighted by Crippen LogP contribution is 2.39. The van der Waals surface area contributed by atoms with Crippen molar-refractivity contribution >= 4 is 5.91 Å². The molecule has 1 fully saturated rings. The van der Waals surface area contributed by atoms with Crippen molar-refractivity contribution in [3.05, 3.63) is 63.6 Å². The predicted molar refractivity (Wildman–Crippen MR) is 123 cm³/mol. The second-order valence-corrected chi connectivity index (χ2v) is 9.28. The zero-order valence-electron chi connectivity index (χ0n) is 18.7. The normalized spacial score (nSPS) is 19.1. The lowest BCUT2D eigenvalue weighted by Crippen LogP contribution is -2.50. The van der Waals surface area contributed by atoms with Gasteiger partial charge in [-0.1, -0.05) is 62.9 Å². The van der Waals surface area contributed by atoms with Crippen molar-refractivity contribution in [1.82, 2.24) is 15.1 Å². The Morgan fingerprint density at radius 3 is 2.52 bits per heavy atom. The van der Waals surface area contributed by atoms with Gasteiger partial charge in [0.1, 0.15) is 0 Å². The molecule has 166 valence electrons. The second-order valence-electron chi connectivity index (χ2n) is 9.28. The fourth-order valence-electron chi connectivity index (χ4n) is 5.28. The topological polar surface area (TPSA) is 64.0 Å². The molecule has 31 heavy (non-hydrogen) atoms. The van der Waals surface area contributed by atoms with Crippen LogP contribution in [0.3, 0.4) is 0 Å². The third kappa shape index (κ3) is 4.76. The van der Waals surface area contributed by atoms with Crippen molar-refractivity contribution < 1.29 is 4.79 Å². The fourth-order valence-corrected chi connectivity index (χ4v) is 5.28. The van der Waals surface area contributed by atoms with E-state index < -0.39 is 5.41 Å². The van der Waals surface area contributed by atoms with Crippen LogP contribution < -0.4 is 10.9 Å². The number of nitrogens with zero attached hydrogens (tertiary/aromatic N) is 2. The van der Waals surface area contributed by atoms with Gasteiger partial charge in [0, 0.05) is 12.1 Å². The van der Waals surface area contributed by atoms with Gasteiger partial charge in [0.2, 0.25) is 5.91 Å². The van der Waals surface area contributed by atoms with Crippen molar-refractivity contribution in [2.75, 3.05) is 0 Å². The van der Waals surface area contributed by atoms with Gasteiger partial charge in [-0.25, -0.2) is 4.68 Å². The van der Waals surface area contributed by atoms with E-state index in [0.29, 0.717) is 6.54 Å². The SMILES string of the molecule is CC[C@@H](Cn1nc2c(cc1=O)CCCCC2)NC(=O)C1(c2ccccc2)CCCCC1. The molecule has 2 aliphatic carbocycles. The molecule has 1 atom stereocenters. The lowest BCUT2D eigenvalue weighted by molar-refractivity contribution is -0.129. The van der Waals surface area contributed by atoms with E-state index in [-0.39, 0.29) is 17.5 Å². The Hall–Kier alpha value is -2.43. The molecule has 1 aromatic heterocycles. The molecule has 2 aromatic rings. The predicted octanol–water partition coefficient (Wildman–Crippen LogP) is 4.31. The van der Waals surface area contributed by atoms with Crippen LogP contribution in [-0.4, -0.2) is 21.7 Å². The van der Waals surface area contributed by atoms with Crippen LogP contribution in [-0.2, 0) is 29.6 Å². The van der Waals surface area contributed by atoms with E-state index in [2.05, 4.69) is 24.4 Å². The summed E-state index contributed by atoms with van der Waals surface area (Å²) in [4.78, 5) is 26.3. The molecule has 0 aliphatic heterocycles. The van der Waals surface area contributed by atoms with E-state index in [1.807, 2.05) is 18.2 Å². The van der Waals surface area contributed by atoms with Gasteiger partial charge < -0.3 is 5.32 Å². The number of carbonyl (C=O) groups is 1. The number of nitrogens with one attached hydrogen (secondary N) is 1. The Morgan fingerprint density at radius 1 is 1.06 bits per heavy atom. The fraction of sp³-hybridized carbons (Fsp3) is 0.577. The molecule has 1 amide bonds. The molecule has 1 N–H and O–H groups in total. The smallest absolute Gasteiger partial charge is 0.267 e. The maximum atomic E-state index is 13.6. The lowest BCUT2D eigenvalue weighted by atomic mass is 9.68. The zero-order chi connectivity index (χ0) is 21.7. The largest absolute Gasteiger partial charge is 0.351 e. The minimum absolute atomic E-state index is 0.0520. The first-order valence-electron chi connectivity index (χ1n) is 12.1. The van der Waals surface area contributed by atoms with E-state index in [1.165, 1.54) is 12.8 Å². The highest BCUT2D eigenvalue weighted by molar-refractivity contribution is 5.88. The molecule has 0 radical (unpaired) electrons. The Labute approximate surface area is 185 Å². The molecule has 5 nitrogen and oxygen atoms in total. The summed E-state index contributed by atoms with van der Waals surface area (Å²) in [5, 5.41) is 8.01. The minimum Gasteiger partial charge on any atom is -0.351 e. The molecule has 0 unspecified atom stereocenters. The van der Waals surface area contributed by atoms with Crippen LogP contribution in [0.15, 0.2) is 41.2 Å². The van der Waals surface area contributed by atoms with Gasteiger partial charge in [-0.3, -0.25) is 9.59 Å². The van der Waals surface area contributed by atoms with Crippen LogP contribution in [0.2, 0.25) is 0 Å². The molecule has 2 aliphatic rings. The number of fused-ring (bicyclic) bond motifs is 1. The van der Waals surface area contributed by atoms with Crippen molar-refractivity contribution in [2.24, 2.45) is 0 Å². The minimum atomic E-state index is -0.459. The summed E-state index contributed by atoms with van der Waals surface area (Å²) in [5.41, 5.74) is 2.78. The summed E-state index contributed by atoms with van der Waals surface area (Å²) in [7, 11) is 0. The van der Waals surface area contributed by atoms with Crippen molar-refractivity contribution in [1.29, 1.82) is 0 Å². The van der Waals surface area contributed by atoms with Crippen LogP contribution >= 0.6 is 0 Å². The Bertz CT molecular complexity index is 945. The number of carbonyl (C=O) groups excluding carboxylic acids is 1. The van der Waals surface area contributed by atoms with E-state index in [9.17, 15) is 9.59 Å². The number of hydrogen-bond donors (Lipinski definition) is 1. The first-order chi connectivity index (χ1) is 15.1. The molecule has 1 saturated carbocycles. The number of benzene rings is 1. The molecular formula is C26H35N3O2. The summed E-state index contributed by atoms with van der Waals surface area (Å²) in [6, 6.07) is 11.9. The molecule has 0 saturated heterocycles. The number of aromatic nitrogens is 2. The van der Waals surface area contributed by atoms with E-state index in [4.69, 9.17) is 5.10 Å². The average molecular weight is 422 g/mol. The van der Waals surface area contributed by atoms with Crippen molar-refractivity contribution in [3.63, 3.8) is 0 Å². The number of hydrogen-bond acceptors (Lipinski definition) is 3. The van der Waals surface area contributed by atoms with Crippen LogP contribution in [0.5, 0.6) is 0 Å². The lowest BCUT2D eigenvalue weighted by Gasteiger charge is -2.37. The standard InChI is InChI=1S/C26H35N3O2/c1-2-22(19-29-24(30)18-20-12-6-3-9-15-23(20)28-29)27-25(31)26(16-10-5-11-17-26)21-13-7-4-8-14-21/h4,7-8,13-14,18,22H,2-3,5-6,9-12,15-17,19H2,1H3,(H,27,31)/t22-/m0/s1. The van der Waals surface area contributed by atoms with E-state index >= 15 is 0 Å². The summed E-state index contributed by atoms with van der Waals surface area (Å²) in [5.74, 6) is 0.105. The molecule has 0 bridgehead atoms. The van der Waals surface area contributed by atoms with Gasteiger partial charge in [0.25, 0.3) is 5.56 Å². The Balaban J connectivity index is 1.54. The van der Waals surface area contributed by atoms with Crippen LogP contribution in [0.25, 0.3) is 0 Å². The quantitative estimate of drug-likeness (QED) is 0.707. The van der Waals surface area contributed by atoms with E-state index in [1.54, 1.807) is 10.7 Å². The molecule has 5 heteroatoms. The number of rotatable bonds is 6. The molecule has 1 aromatic carbocycles. The molecule has 1 heterocycles. The Morgan fingerprint density at radius 2 is 1.77 bits per heavy atom. The highest BCUT2D eigenvalue weighted by atomic mass is 16.2. The van der Waals surface area contributed by atoms with Gasteiger partial charge in [-0.05, 0) is 56.1 Å². The summed E-state index contributed by atoms with van der Waals surface area (Å²) >= 11 is 0. The van der Waals surface area contributed by atoms with Crippen LogP contribution in [0.4, 0.5) is 0 Å². The van der Waals surface area contributed by atoms with Crippen molar-refractivity contribution in [3.8, 4) is 0 Å². The number of aryl methyl sites for hydroxylation is 2. The van der Waals surface area contributed by atoms with Crippen molar-refractivity contribution in [2.45, 2.75) is 95.6 Å². The first-order valence-corrected chi connectivity index (χ1v) is 12.1. The van der Waals surface area contributed by atoms with Gasteiger partial charge in [-0.2, -0.15) is 5.10 Å². The average Bonchev–Trinajstić information content (AvgIpc) is 3.04. The maximum absolute atomic E-state index is 13.6. The molecular weight excluding hydrogens is 386 g/mol. The van der Waals surface area contributed by atoms with Crippen LogP contribution in [0, 0.1) is 0 Å².